The maximum absolute atomic E-state index is 8.72. The largest absolute Gasteiger partial charge is 0.394 e. The standard InChI is InChI=1S/C9H10N2O/c1-2-8-4-3-7(5-11-8)9(10)6-12/h1,3-5,9,12H,6,10H2/t9-/m1/s1. The summed E-state index contributed by atoms with van der Waals surface area (Å²) < 4.78 is 0. The molecule has 0 saturated carbocycles. The fraction of sp³-hybridized carbons (Fsp3) is 0.222. The van der Waals surface area contributed by atoms with E-state index in [0.717, 1.165) is 5.56 Å². The van der Waals surface area contributed by atoms with Crippen LogP contribution in [-0.2, 0) is 0 Å². The zero-order chi connectivity index (χ0) is 8.97. The lowest BCUT2D eigenvalue weighted by molar-refractivity contribution is 0.268. The SMILES string of the molecule is C#Cc1ccc([C@H](N)CO)cn1. The number of hydrogen-bond acceptors (Lipinski definition) is 3. The maximum Gasteiger partial charge on any atom is 0.112 e. The first-order valence-electron chi connectivity index (χ1n) is 3.57. The smallest absolute Gasteiger partial charge is 0.112 e. The Kier molecular flexibility index (Phi) is 2.81. The lowest BCUT2D eigenvalue weighted by Crippen LogP contribution is -2.14. The van der Waals surface area contributed by atoms with Gasteiger partial charge in [-0.2, -0.15) is 0 Å². The molecule has 0 amide bonds. The molecule has 62 valence electrons. The lowest BCUT2D eigenvalue weighted by Gasteiger charge is -2.06. The van der Waals surface area contributed by atoms with Crippen LogP contribution in [0.5, 0.6) is 0 Å². The average Bonchev–Trinajstić information content (AvgIpc) is 2.17. The Hall–Kier alpha value is -1.37. The predicted octanol–water partition coefficient (Wildman–Crippen LogP) is 0.0550. The molecule has 3 nitrogen and oxygen atoms in total. The van der Waals surface area contributed by atoms with Gasteiger partial charge in [0, 0.05) is 6.20 Å². The van der Waals surface area contributed by atoms with E-state index in [-0.39, 0.29) is 12.6 Å². The first kappa shape index (κ1) is 8.72. The van der Waals surface area contributed by atoms with Crippen molar-refractivity contribution in [3.63, 3.8) is 0 Å². The summed E-state index contributed by atoms with van der Waals surface area (Å²) in [5.74, 6) is 2.40. The van der Waals surface area contributed by atoms with Crippen LogP contribution in [0.15, 0.2) is 18.3 Å². The van der Waals surface area contributed by atoms with Gasteiger partial charge in [-0.25, -0.2) is 4.98 Å². The minimum Gasteiger partial charge on any atom is -0.394 e. The van der Waals surface area contributed by atoms with Crippen molar-refractivity contribution < 1.29 is 5.11 Å². The van der Waals surface area contributed by atoms with Gasteiger partial charge in [0.05, 0.1) is 12.6 Å². The fourth-order valence-corrected chi connectivity index (χ4v) is 0.815. The number of pyridine rings is 1. The third kappa shape index (κ3) is 1.82. The molecule has 0 spiro atoms. The van der Waals surface area contributed by atoms with E-state index >= 15 is 0 Å². The highest BCUT2D eigenvalue weighted by Gasteiger charge is 2.03. The molecular weight excluding hydrogens is 152 g/mol. The maximum atomic E-state index is 8.72. The van der Waals surface area contributed by atoms with Crippen molar-refractivity contribution in [2.45, 2.75) is 6.04 Å². The number of nitrogens with two attached hydrogens (primary N) is 1. The Morgan fingerprint density at radius 1 is 1.67 bits per heavy atom. The van der Waals surface area contributed by atoms with Crippen LogP contribution in [0.4, 0.5) is 0 Å². The molecule has 0 radical (unpaired) electrons. The molecule has 0 fully saturated rings. The fourth-order valence-electron chi connectivity index (χ4n) is 0.815. The van der Waals surface area contributed by atoms with Crippen molar-refractivity contribution in [3.8, 4) is 12.3 Å². The van der Waals surface area contributed by atoms with Crippen LogP contribution in [0.25, 0.3) is 0 Å². The molecule has 0 aliphatic rings. The van der Waals surface area contributed by atoms with E-state index < -0.39 is 0 Å². The van der Waals surface area contributed by atoms with Gasteiger partial charge in [0.2, 0.25) is 0 Å². The van der Waals surface area contributed by atoms with Gasteiger partial charge < -0.3 is 10.8 Å². The Labute approximate surface area is 71.2 Å². The zero-order valence-corrected chi connectivity index (χ0v) is 6.57. The first-order chi connectivity index (χ1) is 5.77. The van der Waals surface area contributed by atoms with Gasteiger partial charge in [-0.3, -0.25) is 0 Å². The van der Waals surface area contributed by atoms with E-state index in [4.69, 9.17) is 17.3 Å². The van der Waals surface area contributed by atoms with Crippen molar-refractivity contribution in [1.82, 2.24) is 4.98 Å². The number of aromatic nitrogens is 1. The average molecular weight is 162 g/mol. The number of nitrogens with zero attached hydrogens (tertiary/aromatic N) is 1. The van der Waals surface area contributed by atoms with Crippen LogP contribution in [-0.4, -0.2) is 16.7 Å². The summed E-state index contributed by atoms with van der Waals surface area (Å²) in [4.78, 5) is 3.94. The highest BCUT2D eigenvalue weighted by Crippen LogP contribution is 2.07. The number of hydrogen-bond donors (Lipinski definition) is 2. The first-order valence-corrected chi connectivity index (χ1v) is 3.57. The summed E-state index contributed by atoms with van der Waals surface area (Å²) in [6.45, 7) is -0.0862. The molecule has 0 bridgehead atoms. The molecule has 1 heterocycles. The van der Waals surface area contributed by atoms with Gasteiger partial charge in [0.25, 0.3) is 0 Å². The summed E-state index contributed by atoms with van der Waals surface area (Å²) in [7, 11) is 0. The molecular formula is C9H10N2O. The molecule has 12 heavy (non-hydrogen) atoms. The second kappa shape index (κ2) is 3.86. The Morgan fingerprint density at radius 3 is 2.83 bits per heavy atom. The number of rotatable bonds is 2. The van der Waals surface area contributed by atoms with Crippen molar-refractivity contribution in [1.29, 1.82) is 0 Å². The Bertz CT molecular complexity index is 286. The number of aliphatic hydroxyl groups is 1. The summed E-state index contributed by atoms with van der Waals surface area (Å²) in [5.41, 5.74) is 6.91. The van der Waals surface area contributed by atoms with Crippen LogP contribution < -0.4 is 5.73 Å². The number of terminal acetylenes is 1. The van der Waals surface area contributed by atoms with Crippen LogP contribution in [0, 0.1) is 12.3 Å². The van der Waals surface area contributed by atoms with E-state index in [0.29, 0.717) is 5.69 Å². The van der Waals surface area contributed by atoms with E-state index in [1.807, 2.05) is 0 Å². The van der Waals surface area contributed by atoms with Gasteiger partial charge in [-0.1, -0.05) is 12.0 Å². The zero-order valence-electron chi connectivity index (χ0n) is 6.57. The lowest BCUT2D eigenvalue weighted by atomic mass is 10.1. The van der Waals surface area contributed by atoms with Crippen LogP contribution in [0.2, 0.25) is 0 Å². The minimum absolute atomic E-state index is 0.0862. The molecule has 3 heteroatoms. The second-order valence-electron chi connectivity index (χ2n) is 2.41. The number of aliphatic hydroxyl groups excluding tert-OH is 1. The van der Waals surface area contributed by atoms with Gasteiger partial charge in [-0.05, 0) is 11.6 Å². The summed E-state index contributed by atoms with van der Waals surface area (Å²) >= 11 is 0. The molecule has 3 N–H and O–H groups in total. The normalized spacial score (nSPS) is 12.1. The highest BCUT2D eigenvalue weighted by molar-refractivity contribution is 5.27. The third-order valence-electron chi connectivity index (χ3n) is 1.56. The molecule has 0 aliphatic heterocycles. The van der Waals surface area contributed by atoms with E-state index in [1.165, 1.54) is 0 Å². The van der Waals surface area contributed by atoms with Crippen LogP contribution >= 0.6 is 0 Å². The van der Waals surface area contributed by atoms with Gasteiger partial charge >= 0.3 is 0 Å². The summed E-state index contributed by atoms with van der Waals surface area (Å²) in [6.07, 6.45) is 6.69. The van der Waals surface area contributed by atoms with Crippen molar-refractivity contribution >= 4 is 0 Å². The van der Waals surface area contributed by atoms with Crippen LogP contribution in [0.1, 0.15) is 17.3 Å². The molecule has 1 aromatic rings. The Morgan fingerprint density at radius 2 is 2.42 bits per heavy atom. The molecule has 0 saturated heterocycles. The quantitative estimate of drug-likeness (QED) is 0.604. The van der Waals surface area contributed by atoms with E-state index in [2.05, 4.69) is 10.9 Å². The molecule has 0 aliphatic carbocycles. The van der Waals surface area contributed by atoms with Crippen LogP contribution in [0.3, 0.4) is 0 Å². The molecule has 1 rings (SSSR count). The van der Waals surface area contributed by atoms with Gasteiger partial charge in [0.1, 0.15) is 5.69 Å². The highest BCUT2D eigenvalue weighted by atomic mass is 16.3. The molecule has 0 aromatic carbocycles. The minimum atomic E-state index is -0.371. The molecule has 1 atom stereocenters. The predicted molar refractivity (Wildman–Crippen MR) is 46.2 cm³/mol. The van der Waals surface area contributed by atoms with E-state index in [1.54, 1.807) is 18.3 Å². The molecule has 1 aromatic heterocycles. The Balaban J connectivity index is 2.86. The summed E-state index contributed by atoms with van der Waals surface area (Å²) in [5, 5.41) is 8.72. The second-order valence-corrected chi connectivity index (χ2v) is 2.41. The monoisotopic (exact) mass is 162 g/mol. The van der Waals surface area contributed by atoms with Crippen molar-refractivity contribution in [2.75, 3.05) is 6.61 Å². The van der Waals surface area contributed by atoms with E-state index in [9.17, 15) is 0 Å². The topological polar surface area (TPSA) is 59.1 Å². The van der Waals surface area contributed by atoms with Gasteiger partial charge in [-0.15, -0.1) is 6.42 Å². The summed E-state index contributed by atoms with van der Waals surface area (Å²) in [6, 6.07) is 3.10. The van der Waals surface area contributed by atoms with Crippen molar-refractivity contribution in [2.24, 2.45) is 5.73 Å². The van der Waals surface area contributed by atoms with Crippen molar-refractivity contribution in [3.05, 3.63) is 29.6 Å². The molecule has 0 unspecified atom stereocenters. The third-order valence-corrected chi connectivity index (χ3v) is 1.56. The van der Waals surface area contributed by atoms with Gasteiger partial charge in [0.15, 0.2) is 0 Å².